The molecule has 98 valence electrons. The second-order valence-corrected chi connectivity index (χ2v) is 5.89. The van der Waals surface area contributed by atoms with Crippen LogP contribution >= 0.6 is 22.9 Å². The van der Waals surface area contributed by atoms with Crippen LogP contribution in [0.3, 0.4) is 0 Å². The van der Waals surface area contributed by atoms with Crippen molar-refractivity contribution < 1.29 is 0 Å². The number of hydrogen-bond donors (Lipinski definition) is 1. The molecule has 20 heavy (non-hydrogen) atoms. The van der Waals surface area contributed by atoms with Gasteiger partial charge in [-0.25, -0.2) is 0 Å². The van der Waals surface area contributed by atoms with E-state index in [0.29, 0.717) is 6.54 Å². The molecule has 1 heterocycles. The van der Waals surface area contributed by atoms with E-state index in [2.05, 4.69) is 17.9 Å². The Morgan fingerprint density at radius 3 is 2.50 bits per heavy atom. The molecule has 0 bridgehead atoms. The van der Waals surface area contributed by atoms with Crippen molar-refractivity contribution in [3.8, 4) is 11.8 Å². The fourth-order valence-electron chi connectivity index (χ4n) is 1.99. The number of rotatable bonds is 1. The lowest BCUT2D eigenvalue weighted by atomic mass is 10.1. The molecule has 0 radical (unpaired) electrons. The monoisotopic (exact) mass is 297 g/mol. The van der Waals surface area contributed by atoms with Crippen molar-refractivity contribution in [3.63, 3.8) is 0 Å². The predicted molar refractivity (Wildman–Crippen MR) is 87.1 cm³/mol. The fourth-order valence-corrected chi connectivity index (χ4v) is 3.42. The molecular formula is C17H12ClNS. The summed E-state index contributed by atoms with van der Waals surface area (Å²) >= 11 is 7.91. The Balaban J connectivity index is 2.00. The van der Waals surface area contributed by atoms with E-state index in [1.807, 2.05) is 42.5 Å². The number of fused-ring (bicyclic) bond motifs is 1. The number of hydrogen-bond acceptors (Lipinski definition) is 2. The van der Waals surface area contributed by atoms with Crippen LogP contribution in [-0.4, -0.2) is 0 Å². The van der Waals surface area contributed by atoms with Crippen molar-refractivity contribution in [2.24, 2.45) is 5.73 Å². The lowest BCUT2D eigenvalue weighted by Gasteiger charge is -1.93. The van der Waals surface area contributed by atoms with Gasteiger partial charge in [-0.2, -0.15) is 0 Å². The van der Waals surface area contributed by atoms with E-state index in [-0.39, 0.29) is 0 Å². The molecule has 0 unspecified atom stereocenters. The highest BCUT2D eigenvalue weighted by Crippen LogP contribution is 2.35. The average Bonchev–Trinajstić information content (AvgIpc) is 2.82. The molecule has 0 atom stereocenters. The molecule has 3 rings (SSSR count). The molecule has 0 aliphatic rings. The number of thiophene rings is 1. The van der Waals surface area contributed by atoms with Crippen LogP contribution in [-0.2, 0) is 6.54 Å². The van der Waals surface area contributed by atoms with E-state index in [1.54, 1.807) is 11.3 Å². The molecule has 1 nitrogen and oxygen atoms in total. The number of nitrogens with two attached hydrogens (primary N) is 1. The molecule has 0 saturated heterocycles. The van der Waals surface area contributed by atoms with Crippen molar-refractivity contribution in [1.82, 2.24) is 0 Å². The maximum atomic E-state index is 6.28. The molecule has 3 aromatic rings. The summed E-state index contributed by atoms with van der Waals surface area (Å²) in [5.41, 5.74) is 7.69. The molecule has 0 aliphatic heterocycles. The molecule has 2 N–H and O–H groups in total. The Morgan fingerprint density at radius 1 is 1.00 bits per heavy atom. The van der Waals surface area contributed by atoms with Gasteiger partial charge < -0.3 is 5.73 Å². The molecule has 3 heteroatoms. The van der Waals surface area contributed by atoms with Crippen LogP contribution in [0.5, 0.6) is 0 Å². The van der Waals surface area contributed by atoms with Gasteiger partial charge in [0, 0.05) is 32.6 Å². The molecule has 2 aromatic carbocycles. The largest absolute Gasteiger partial charge is 0.326 e. The summed E-state index contributed by atoms with van der Waals surface area (Å²) in [4.78, 5) is 1.02. The number of halogens is 1. The van der Waals surface area contributed by atoms with Crippen LogP contribution in [0.2, 0.25) is 5.02 Å². The standard InChI is InChI=1S/C17H12ClNS/c18-17-14-9-8-13(10-15(14)20-16(17)11-19)7-6-12-4-2-1-3-5-12/h1-5,8-10H,11,19H2. The van der Waals surface area contributed by atoms with Gasteiger partial charge in [0.1, 0.15) is 0 Å². The lowest BCUT2D eigenvalue weighted by molar-refractivity contribution is 1.11. The minimum atomic E-state index is 0.475. The van der Waals surface area contributed by atoms with Crippen LogP contribution < -0.4 is 5.73 Å². The van der Waals surface area contributed by atoms with Gasteiger partial charge in [0.2, 0.25) is 0 Å². The van der Waals surface area contributed by atoms with E-state index < -0.39 is 0 Å². The first-order valence-corrected chi connectivity index (χ1v) is 7.45. The van der Waals surface area contributed by atoms with E-state index in [9.17, 15) is 0 Å². The van der Waals surface area contributed by atoms with Gasteiger partial charge in [-0.05, 0) is 24.3 Å². The van der Waals surface area contributed by atoms with E-state index >= 15 is 0 Å². The highest BCUT2D eigenvalue weighted by atomic mass is 35.5. The summed E-state index contributed by atoms with van der Waals surface area (Å²) < 4.78 is 1.13. The van der Waals surface area contributed by atoms with Gasteiger partial charge in [0.05, 0.1) is 5.02 Å². The Labute approximate surface area is 127 Å². The molecule has 0 aliphatic carbocycles. The van der Waals surface area contributed by atoms with Crippen molar-refractivity contribution in [2.75, 3.05) is 0 Å². The van der Waals surface area contributed by atoms with Crippen LogP contribution in [0, 0.1) is 11.8 Å². The van der Waals surface area contributed by atoms with E-state index in [0.717, 1.165) is 31.1 Å². The Hall–Kier alpha value is -1.79. The van der Waals surface area contributed by atoms with Gasteiger partial charge in [0.15, 0.2) is 0 Å². The zero-order valence-electron chi connectivity index (χ0n) is 10.7. The summed E-state index contributed by atoms with van der Waals surface area (Å²) in [5, 5.41) is 1.83. The fraction of sp³-hybridized carbons (Fsp3) is 0.0588. The van der Waals surface area contributed by atoms with Crippen LogP contribution in [0.1, 0.15) is 16.0 Å². The summed E-state index contributed by atoms with van der Waals surface area (Å²) in [6.45, 7) is 0.475. The van der Waals surface area contributed by atoms with Crippen LogP contribution in [0.25, 0.3) is 10.1 Å². The first-order valence-electron chi connectivity index (χ1n) is 6.26. The third-order valence-corrected chi connectivity index (χ3v) is 4.73. The maximum absolute atomic E-state index is 6.28. The van der Waals surface area contributed by atoms with Gasteiger partial charge in [0.25, 0.3) is 0 Å². The van der Waals surface area contributed by atoms with Crippen LogP contribution in [0.15, 0.2) is 48.5 Å². The summed E-state index contributed by atoms with van der Waals surface area (Å²) in [6, 6.07) is 16.0. The topological polar surface area (TPSA) is 26.0 Å². The van der Waals surface area contributed by atoms with Gasteiger partial charge in [-0.3, -0.25) is 0 Å². The third kappa shape index (κ3) is 2.57. The molecule has 0 amide bonds. The third-order valence-electron chi connectivity index (χ3n) is 3.01. The van der Waals surface area contributed by atoms with Gasteiger partial charge in [-0.15, -0.1) is 11.3 Å². The molecular weight excluding hydrogens is 286 g/mol. The van der Waals surface area contributed by atoms with E-state index in [1.165, 1.54) is 0 Å². The smallest absolute Gasteiger partial charge is 0.0636 e. The van der Waals surface area contributed by atoms with Gasteiger partial charge in [-0.1, -0.05) is 47.7 Å². The first-order chi connectivity index (χ1) is 9.78. The Bertz CT molecular complexity index is 809. The zero-order valence-corrected chi connectivity index (χ0v) is 12.3. The Kier molecular flexibility index (Phi) is 3.75. The second-order valence-electron chi connectivity index (χ2n) is 4.37. The van der Waals surface area contributed by atoms with Crippen LogP contribution in [0.4, 0.5) is 0 Å². The SMILES string of the molecule is NCc1sc2cc(C#Cc3ccccc3)ccc2c1Cl. The quantitative estimate of drug-likeness (QED) is 0.661. The second kappa shape index (κ2) is 5.68. The summed E-state index contributed by atoms with van der Waals surface area (Å²) in [7, 11) is 0. The Morgan fingerprint density at radius 2 is 1.75 bits per heavy atom. The summed E-state index contributed by atoms with van der Waals surface area (Å²) in [6.07, 6.45) is 0. The normalized spacial score (nSPS) is 10.3. The van der Waals surface area contributed by atoms with E-state index in [4.69, 9.17) is 17.3 Å². The first kappa shape index (κ1) is 13.2. The molecule has 0 saturated carbocycles. The predicted octanol–water partition coefficient (Wildman–Crippen LogP) is 4.41. The average molecular weight is 298 g/mol. The summed E-state index contributed by atoms with van der Waals surface area (Å²) in [5.74, 6) is 6.34. The number of benzene rings is 2. The minimum absolute atomic E-state index is 0.475. The van der Waals surface area contributed by atoms with Crippen molar-refractivity contribution in [2.45, 2.75) is 6.54 Å². The lowest BCUT2D eigenvalue weighted by Crippen LogP contribution is -1.92. The highest BCUT2D eigenvalue weighted by molar-refractivity contribution is 7.19. The van der Waals surface area contributed by atoms with Crippen molar-refractivity contribution >= 4 is 33.0 Å². The highest BCUT2D eigenvalue weighted by Gasteiger charge is 2.08. The van der Waals surface area contributed by atoms with Gasteiger partial charge >= 0.3 is 0 Å². The maximum Gasteiger partial charge on any atom is 0.0636 e. The molecule has 0 fully saturated rings. The molecule has 0 spiro atoms. The van der Waals surface area contributed by atoms with Crippen molar-refractivity contribution in [1.29, 1.82) is 0 Å². The van der Waals surface area contributed by atoms with Crippen molar-refractivity contribution in [3.05, 3.63) is 69.6 Å². The zero-order chi connectivity index (χ0) is 13.9. The molecule has 1 aromatic heterocycles. The minimum Gasteiger partial charge on any atom is -0.326 e.